The molecule has 0 fully saturated rings. The number of nitrogens with zero attached hydrogens (tertiary/aromatic N) is 1. The van der Waals surface area contributed by atoms with Gasteiger partial charge in [0.2, 0.25) is 0 Å². The molecule has 1 aromatic carbocycles. The van der Waals surface area contributed by atoms with Gasteiger partial charge in [-0.25, -0.2) is 0 Å². The lowest BCUT2D eigenvalue weighted by molar-refractivity contribution is 0.889. The van der Waals surface area contributed by atoms with Crippen LogP contribution in [0.5, 0.6) is 0 Å². The van der Waals surface area contributed by atoms with E-state index in [-0.39, 0.29) is 0 Å². The molecule has 0 saturated heterocycles. The van der Waals surface area contributed by atoms with E-state index in [1.807, 2.05) is 13.8 Å². The summed E-state index contributed by atoms with van der Waals surface area (Å²) in [7, 11) is 2.13. The molecule has 0 radical (unpaired) electrons. The van der Waals surface area contributed by atoms with Crippen LogP contribution in [0, 0.1) is 13.8 Å². The Morgan fingerprint density at radius 2 is 1.76 bits per heavy atom. The fourth-order valence-corrected chi connectivity index (χ4v) is 1.89. The van der Waals surface area contributed by atoms with E-state index >= 15 is 0 Å². The van der Waals surface area contributed by atoms with Gasteiger partial charge in [0.1, 0.15) is 0 Å². The van der Waals surface area contributed by atoms with Crippen LogP contribution in [0.15, 0.2) is 24.4 Å². The van der Waals surface area contributed by atoms with Crippen LogP contribution < -0.4 is 10.2 Å². The molecule has 2 heteroatoms. The second kappa shape index (κ2) is 5.76. The summed E-state index contributed by atoms with van der Waals surface area (Å²) in [6.45, 7) is 13.4. The molecule has 0 amide bonds. The smallest absolute Gasteiger partial charge is 0.0622 e. The van der Waals surface area contributed by atoms with Gasteiger partial charge in [-0.2, -0.15) is 0 Å². The van der Waals surface area contributed by atoms with Crippen molar-refractivity contribution < 1.29 is 0 Å². The van der Waals surface area contributed by atoms with Crippen molar-refractivity contribution in [1.29, 1.82) is 0 Å². The number of benzene rings is 1. The molecule has 0 aromatic heterocycles. The first-order valence-corrected chi connectivity index (χ1v) is 6.35. The molecule has 1 N–H and O–H groups in total. The van der Waals surface area contributed by atoms with Gasteiger partial charge in [-0.1, -0.05) is 20.4 Å². The Hall–Kier alpha value is -1.44. The van der Waals surface area contributed by atoms with E-state index < -0.39 is 0 Å². The molecular formula is C15H24N2. The van der Waals surface area contributed by atoms with Crippen LogP contribution >= 0.6 is 0 Å². The minimum atomic E-state index is 1.00. The molecule has 1 aliphatic heterocycles. The minimum Gasteiger partial charge on any atom is -0.373 e. The SMILES string of the molecule is C=C1CCN(C)c2cc(C)c(C)cc2N1.CC. The molecule has 2 rings (SSSR count). The normalized spacial score (nSPS) is 14.2. The van der Waals surface area contributed by atoms with Crippen molar-refractivity contribution in [2.45, 2.75) is 34.1 Å². The summed E-state index contributed by atoms with van der Waals surface area (Å²) < 4.78 is 0. The van der Waals surface area contributed by atoms with E-state index in [1.165, 1.54) is 22.5 Å². The Morgan fingerprint density at radius 3 is 2.41 bits per heavy atom. The zero-order chi connectivity index (χ0) is 13.0. The van der Waals surface area contributed by atoms with Gasteiger partial charge < -0.3 is 10.2 Å². The molecular weight excluding hydrogens is 208 g/mol. The van der Waals surface area contributed by atoms with Gasteiger partial charge in [-0.05, 0) is 37.1 Å². The standard InChI is InChI=1S/C13H18N2.C2H6/c1-9-7-12-13(8-10(9)2)15(4)6-5-11(3)14-12;1-2/h7-8,14H,3,5-6H2,1-2,4H3;1-2H3. The Morgan fingerprint density at radius 1 is 1.18 bits per heavy atom. The third kappa shape index (κ3) is 3.02. The number of aryl methyl sites for hydroxylation is 2. The number of fused-ring (bicyclic) bond motifs is 1. The number of rotatable bonds is 0. The highest BCUT2D eigenvalue weighted by Crippen LogP contribution is 2.32. The first kappa shape index (κ1) is 13.6. The third-order valence-electron chi connectivity index (χ3n) is 3.08. The zero-order valence-corrected chi connectivity index (χ0v) is 11.7. The molecule has 0 saturated carbocycles. The first-order chi connectivity index (χ1) is 8.08. The Kier molecular flexibility index (Phi) is 4.62. The van der Waals surface area contributed by atoms with E-state index in [1.54, 1.807) is 0 Å². The molecule has 94 valence electrons. The van der Waals surface area contributed by atoms with E-state index in [0.29, 0.717) is 0 Å². The predicted octanol–water partition coefficient (Wildman–Crippen LogP) is 4.10. The minimum absolute atomic E-state index is 1.00. The number of hydrogen-bond donors (Lipinski definition) is 1. The lowest BCUT2D eigenvalue weighted by Gasteiger charge is -2.20. The van der Waals surface area contributed by atoms with Gasteiger partial charge in [-0.15, -0.1) is 0 Å². The van der Waals surface area contributed by atoms with Crippen LogP contribution in [-0.2, 0) is 0 Å². The van der Waals surface area contributed by atoms with Crippen LogP contribution in [0.1, 0.15) is 31.4 Å². The maximum Gasteiger partial charge on any atom is 0.0622 e. The maximum absolute atomic E-state index is 4.02. The van der Waals surface area contributed by atoms with Crippen molar-refractivity contribution in [3.8, 4) is 0 Å². The summed E-state index contributed by atoms with van der Waals surface area (Å²) in [6, 6.07) is 4.45. The summed E-state index contributed by atoms with van der Waals surface area (Å²) in [6.07, 6.45) is 1.00. The van der Waals surface area contributed by atoms with Crippen molar-refractivity contribution in [1.82, 2.24) is 0 Å². The topological polar surface area (TPSA) is 15.3 Å². The van der Waals surface area contributed by atoms with Crippen molar-refractivity contribution in [3.05, 3.63) is 35.5 Å². The molecule has 0 unspecified atom stereocenters. The molecule has 0 aliphatic carbocycles. The molecule has 17 heavy (non-hydrogen) atoms. The van der Waals surface area contributed by atoms with Crippen LogP contribution in [-0.4, -0.2) is 13.6 Å². The lowest BCUT2D eigenvalue weighted by Crippen LogP contribution is -2.17. The van der Waals surface area contributed by atoms with Gasteiger partial charge in [0.25, 0.3) is 0 Å². The van der Waals surface area contributed by atoms with Crippen LogP contribution in [0.4, 0.5) is 11.4 Å². The van der Waals surface area contributed by atoms with Gasteiger partial charge in [0.15, 0.2) is 0 Å². The van der Waals surface area contributed by atoms with Gasteiger partial charge in [0, 0.05) is 25.7 Å². The summed E-state index contributed by atoms with van der Waals surface area (Å²) >= 11 is 0. The van der Waals surface area contributed by atoms with Crippen molar-refractivity contribution in [2.24, 2.45) is 0 Å². The monoisotopic (exact) mass is 232 g/mol. The second-order valence-corrected chi connectivity index (χ2v) is 4.35. The van der Waals surface area contributed by atoms with E-state index in [0.717, 1.165) is 18.7 Å². The Bertz CT molecular complexity index is 408. The molecule has 0 spiro atoms. The Balaban J connectivity index is 0.000000686. The van der Waals surface area contributed by atoms with Crippen LogP contribution in [0.2, 0.25) is 0 Å². The maximum atomic E-state index is 4.02. The number of anilines is 2. The molecule has 1 aliphatic rings. The summed E-state index contributed by atoms with van der Waals surface area (Å²) in [4.78, 5) is 2.28. The predicted molar refractivity (Wildman–Crippen MR) is 77.9 cm³/mol. The van der Waals surface area contributed by atoms with E-state index in [9.17, 15) is 0 Å². The highest BCUT2D eigenvalue weighted by Gasteiger charge is 2.14. The fourth-order valence-electron chi connectivity index (χ4n) is 1.89. The van der Waals surface area contributed by atoms with Crippen LogP contribution in [0.3, 0.4) is 0 Å². The summed E-state index contributed by atoms with van der Waals surface area (Å²) in [5.41, 5.74) is 6.22. The molecule has 0 bridgehead atoms. The van der Waals surface area contributed by atoms with Crippen molar-refractivity contribution >= 4 is 11.4 Å². The number of nitrogens with one attached hydrogen (secondary N) is 1. The van der Waals surface area contributed by atoms with Crippen molar-refractivity contribution in [2.75, 3.05) is 23.8 Å². The average molecular weight is 232 g/mol. The highest BCUT2D eigenvalue weighted by molar-refractivity contribution is 5.74. The van der Waals surface area contributed by atoms with E-state index in [2.05, 4.69) is 49.8 Å². The molecule has 1 heterocycles. The average Bonchev–Trinajstić information content (AvgIpc) is 2.44. The van der Waals surface area contributed by atoms with Gasteiger partial charge in [0.05, 0.1) is 11.4 Å². The summed E-state index contributed by atoms with van der Waals surface area (Å²) in [5, 5.41) is 3.38. The largest absolute Gasteiger partial charge is 0.373 e. The van der Waals surface area contributed by atoms with Crippen LogP contribution in [0.25, 0.3) is 0 Å². The van der Waals surface area contributed by atoms with Gasteiger partial charge >= 0.3 is 0 Å². The van der Waals surface area contributed by atoms with Crippen molar-refractivity contribution in [3.63, 3.8) is 0 Å². The third-order valence-corrected chi connectivity index (χ3v) is 3.08. The fraction of sp³-hybridized carbons (Fsp3) is 0.467. The Labute approximate surface area is 105 Å². The zero-order valence-electron chi connectivity index (χ0n) is 11.7. The van der Waals surface area contributed by atoms with Gasteiger partial charge in [-0.3, -0.25) is 0 Å². The lowest BCUT2D eigenvalue weighted by atomic mass is 10.1. The quantitative estimate of drug-likeness (QED) is 0.724. The molecule has 0 atom stereocenters. The second-order valence-electron chi connectivity index (χ2n) is 4.35. The molecule has 2 nitrogen and oxygen atoms in total. The number of hydrogen-bond acceptors (Lipinski definition) is 2. The van der Waals surface area contributed by atoms with E-state index in [4.69, 9.17) is 0 Å². The highest BCUT2D eigenvalue weighted by atomic mass is 15.1. The molecule has 1 aromatic rings. The first-order valence-electron chi connectivity index (χ1n) is 6.35. The summed E-state index contributed by atoms with van der Waals surface area (Å²) in [5.74, 6) is 0.